The number of nitrogens with zero attached hydrogens (tertiary/aromatic N) is 4. The third-order valence-electron chi connectivity index (χ3n) is 8.44. The number of para-hydroxylation sites is 3. The van der Waals surface area contributed by atoms with Crippen LogP contribution >= 0.6 is 11.3 Å². The van der Waals surface area contributed by atoms with Crippen LogP contribution in [-0.2, 0) is 0 Å². The molecule has 0 atom stereocenters. The molecule has 0 saturated heterocycles. The predicted molar refractivity (Wildman–Crippen MR) is 191 cm³/mol. The van der Waals surface area contributed by atoms with E-state index in [0.29, 0.717) is 5.82 Å². The first-order valence-corrected chi connectivity index (χ1v) is 16.1. The van der Waals surface area contributed by atoms with Gasteiger partial charge in [0.25, 0.3) is 0 Å². The summed E-state index contributed by atoms with van der Waals surface area (Å²) in [5.74, 6) is 0.690. The van der Waals surface area contributed by atoms with E-state index in [1.165, 1.54) is 4.70 Å². The van der Waals surface area contributed by atoms with E-state index in [4.69, 9.17) is 15.0 Å². The molecule has 0 aliphatic carbocycles. The van der Waals surface area contributed by atoms with E-state index in [1.54, 1.807) is 11.3 Å². The lowest BCUT2D eigenvalue weighted by molar-refractivity contribution is 1.11. The zero-order chi connectivity index (χ0) is 30.5. The second-order valence-corrected chi connectivity index (χ2v) is 12.3. The van der Waals surface area contributed by atoms with E-state index in [1.807, 2.05) is 18.2 Å². The van der Waals surface area contributed by atoms with Crippen LogP contribution in [0.25, 0.3) is 82.2 Å². The van der Waals surface area contributed by atoms with Crippen LogP contribution in [0.3, 0.4) is 0 Å². The van der Waals surface area contributed by atoms with Crippen LogP contribution in [0.5, 0.6) is 0 Å². The normalized spacial score (nSPS) is 11.5. The molecule has 0 fully saturated rings. The molecule has 0 amide bonds. The van der Waals surface area contributed by atoms with Gasteiger partial charge in [-0.15, -0.1) is 11.3 Å². The second-order valence-electron chi connectivity index (χ2n) is 11.3. The average molecular weight is 607 g/mol. The molecule has 9 rings (SSSR count). The van der Waals surface area contributed by atoms with E-state index in [-0.39, 0.29) is 0 Å². The Morgan fingerprint density at radius 3 is 1.91 bits per heavy atom. The molecule has 0 aliphatic heterocycles. The highest BCUT2D eigenvalue weighted by Gasteiger charge is 2.20. The number of aromatic nitrogens is 4. The molecule has 9 aromatic rings. The molecule has 6 aromatic carbocycles. The zero-order valence-corrected chi connectivity index (χ0v) is 25.5. The Bertz CT molecular complexity index is 2500. The summed E-state index contributed by atoms with van der Waals surface area (Å²) < 4.78 is 3.45. The van der Waals surface area contributed by atoms with Crippen molar-refractivity contribution >= 4 is 43.5 Å². The molecular weight excluding hydrogens is 581 g/mol. The van der Waals surface area contributed by atoms with Crippen molar-refractivity contribution in [2.75, 3.05) is 0 Å². The van der Waals surface area contributed by atoms with E-state index in [0.717, 1.165) is 71.7 Å². The second kappa shape index (κ2) is 10.9. The summed E-state index contributed by atoms with van der Waals surface area (Å²) in [5, 5.41) is 3.20. The van der Waals surface area contributed by atoms with Crippen molar-refractivity contribution < 1.29 is 0 Å². The average Bonchev–Trinajstić information content (AvgIpc) is 3.72. The van der Waals surface area contributed by atoms with E-state index in [2.05, 4.69) is 144 Å². The van der Waals surface area contributed by atoms with Crippen LogP contribution in [-0.4, -0.2) is 19.5 Å². The maximum Gasteiger partial charge on any atom is 0.162 e. The van der Waals surface area contributed by atoms with Crippen LogP contribution in [0.1, 0.15) is 0 Å². The number of fused-ring (bicyclic) bond motifs is 4. The topological polar surface area (TPSA) is 43.6 Å². The molecule has 4 nitrogen and oxygen atoms in total. The van der Waals surface area contributed by atoms with Crippen LogP contribution < -0.4 is 0 Å². The first-order valence-electron chi connectivity index (χ1n) is 15.3. The molecule has 0 radical (unpaired) electrons. The number of rotatable bonds is 5. The minimum atomic E-state index is 0.690. The molecular formula is C41H26N4S. The number of benzene rings is 6. The Kier molecular flexibility index (Phi) is 6.28. The number of thiazole rings is 1. The molecule has 46 heavy (non-hydrogen) atoms. The fourth-order valence-corrected chi connectivity index (χ4v) is 7.25. The summed E-state index contributed by atoms with van der Waals surface area (Å²) in [6.07, 6.45) is 0. The van der Waals surface area contributed by atoms with Gasteiger partial charge in [-0.3, -0.25) is 4.57 Å². The van der Waals surface area contributed by atoms with Gasteiger partial charge in [0.1, 0.15) is 10.7 Å². The summed E-state index contributed by atoms with van der Waals surface area (Å²) in [6, 6.07) is 54.9. The minimum Gasteiger partial charge on any atom is -0.294 e. The van der Waals surface area contributed by atoms with Crippen molar-refractivity contribution in [1.29, 1.82) is 0 Å². The summed E-state index contributed by atoms with van der Waals surface area (Å²) in [6.45, 7) is 0. The van der Waals surface area contributed by atoms with Gasteiger partial charge in [-0.1, -0.05) is 115 Å². The fourth-order valence-electron chi connectivity index (χ4n) is 6.29. The Morgan fingerprint density at radius 1 is 0.478 bits per heavy atom. The van der Waals surface area contributed by atoms with Crippen LogP contribution in [0.4, 0.5) is 0 Å². The molecule has 0 saturated carbocycles. The molecule has 0 unspecified atom stereocenters. The van der Waals surface area contributed by atoms with Gasteiger partial charge in [-0.2, -0.15) is 0 Å². The number of hydrogen-bond acceptors (Lipinski definition) is 4. The molecule has 3 aromatic heterocycles. The Hall–Kier alpha value is -5.91. The lowest BCUT2D eigenvalue weighted by atomic mass is 10.0. The lowest BCUT2D eigenvalue weighted by Gasteiger charge is -2.11. The summed E-state index contributed by atoms with van der Waals surface area (Å²) >= 11 is 1.72. The molecule has 0 aliphatic rings. The quantitative estimate of drug-likeness (QED) is 0.196. The fraction of sp³-hybridized carbons (Fsp3) is 0. The van der Waals surface area contributed by atoms with Crippen LogP contribution in [0, 0.1) is 0 Å². The predicted octanol–water partition coefficient (Wildman–Crippen LogP) is 10.9. The Labute approximate surface area is 269 Å². The lowest BCUT2D eigenvalue weighted by Crippen LogP contribution is -1.99. The monoisotopic (exact) mass is 606 g/mol. The van der Waals surface area contributed by atoms with Crippen LogP contribution in [0.15, 0.2) is 158 Å². The van der Waals surface area contributed by atoms with Gasteiger partial charge in [-0.05, 0) is 53.6 Å². The van der Waals surface area contributed by atoms with Gasteiger partial charge in [0, 0.05) is 27.8 Å². The van der Waals surface area contributed by atoms with Crippen LogP contribution in [0.2, 0.25) is 0 Å². The third kappa shape index (κ3) is 4.48. The smallest absolute Gasteiger partial charge is 0.162 e. The highest BCUT2D eigenvalue weighted by Crippen LogP contribution is 2.39. The summed E-state index contributed by atoms with van der Waals surface area (Å²) in [4.78, 5) is 15.5. The minimum absolute atomic E-state index is 0.690. The zero-order valence-electron chi connectivity index (χ0n) is 24.7. The molecule has 0 bridgehead atoms. The molecule has 216 valence electrons. The van der Waals surface area contributed by atoms with Gasteiger partial charge >= 0.3 is 0 Å². The van der Waals surface area contributed by atoms with Crippen molar-refractivity contribution in [3.63, 3.8) is 0 Å². The SMILES string of the molecule is c1ccc(-c2nc(-c3cccc(-c4cccc(-c5nc6ccccc6s5)c4)c3)nc3c2c2ccccc2n3-c2ccccc2)cc1. The molecule has 5 heteroatoms. The van der Waals surface area contributed by atoms with E-state index >= 15 is 0 Å². The van der Waals surface area contributed by atoms with Crippen molar-refractivity contribution in [3.05, 3.63) is 158 Å². The molecule has 3 heterocycles. The van der Waals surface area contributed by atoms with Gasteiger partial charge in [0.15, 0.2) is 5.82 Å². The maximum atomic E-state index is 5.31. The van der Waals surface area contributed by atoms with Crippen molar-refractivity contribution in [2.24, 2.45) is 0 Å². The van der Waals surface area contributed by atoms with Gasteiger partial charge in [0.2, 0.25) is 0 Å². The number of hydrogen-bond donors (Lipinski definition) is 0. The van der Waals surface area contributed by atoms with E-state index in [9.17, 15) is 0 Å². The Balaban J connectivity index is 1.24. The molecule has 0 N–H and O–H groups in total. The van der Waals surface area contributed by atoms with Gasteiger partial charge in [0.05, 0.1) is 26.8 Å². The van der Waals surface area contributed by atoms with Crippen molar-refractivity contribution in [3.8, 4) is 50.0 Å². The molecule has 0 spiro atoms. The van der Waals surface area contributed by atoms with Crippen molar-refractivity contribution in [2.45, 2.75) is 0 Å². The first kappa shape index (κ1) is 26.5. The van der Waals surface area contributed by atoms with Crippen molar-refractivity contribution in [1.82, 2.24) is 19.5 Å². The van der Waals surface area contributed by atoms with Gasteiger partial charge in [-0.25, -0.2) is 15.0 Å². The van der Waals surface area contributed by atoms with Gasteiger partial charge < -0.3 is 0 Å². The third-order valence-corrected chi connectivity index (χ3v) is 9.52. The first-order chi connectivity index (χ1) is 22.8. The maximum absolute atomic E-state index is 5.31. The standard InChI is InChI=1S/C41H26N4S/c1-3-13-27(14-4-1)38-37-33-21-7-9-23-35(33)45(32-19-5-2-6-20-32)40(37)44-39(43-38)30-17-11-15-28(25-30)29-16-12-18-31(26-29)41-42-34-22-8-10-24-36(34)46-41/h1-26H. The summed E-state index contributed by atoms with van der Waals surface area (Å²) in [5.41, 5.74) is 10.4. The Morgan fingerprint density at radius 2 is 1.11 bits per heavy atom. The summed E-state index contributed by atoms with van der Waals surface area (Å²) in [7, 11) is 0. The highest BCUT2D eigenvalue weighted by atomic mass is 32.1. The van der Waals surface area contributed by atoms with E-state index < -0.39 is 0 Å². The highest BCUT2D eigenvalue weighted by molar-refractivity contribution is 7.21. The largest absolute Gasteiger partial charge is 0.294 e.